The lowest BCUT2D eigenvalue weighted by atomic mass is 10.1. The number of rotatable bonds is 5. The lowest BCUT2D eigenvalue weighted by Gasteiger charge is -2.04. The Morgan fingerprint density at radius 2 is 2.31 bits per heavy atom. The van der Waals surface area contributed by atoms with Crippen molar-refractivity contribution in [1.82, 2.24) is 15.5 Å². The van der Waals surface area contributed by atoms with Gasteiger partial charge >= 0.3 is 0 Å². The summed E-state index contributed by atoms with van der Waals surface area (Å²) in [5.41, 5.74) is 0. The van der Waals surface area contributed by atoms with Crippen LogP contribution in [0.2, 0.25) is 0 Å². The van der Waals surface area contributed by atoms with Gasteiger partial charge in [0.2, 0.25) is 5.13 Å². The minimum Gasteiger partial charge on any atom is -0.359 e. The standard InChI is InChI=1S/C10H16N4S2/c1-4-5-11-9(15)12-10-14-13-8(16-10)6-7(2)3/h4,7H,1,5-6H2,2-3H3,(H2,11,12,14,15). The van der Waals surface area contributed by atoms with Crippen LogP contribution >= 0.6 is 23.6 Å². The zero-order valence-electron chi connectivity index (χ0n) is 9.49. The van der Waals surface area contributed by atoms with Crippen LogP contribution in [0, 0.1) is 5.92 Å². The molecular formula is C10H16N4S2. The topological polar surface area (TPSA) is 49.8 Å². The minimum absolute atomic E-state index is 0.548. The number of aromatic nitrogens is 2. The maximum Gasteiger partial charge on any atom is 0.211 e. The predicted octanol–water partition coefficient (Wildman–Crippen LogP) is 2.21. The molecule has 88 valence electrons. The smallest absolute Gasteiger partial charge is 0.211 e. The van der Waals surface area contributed by atoms with Crippen molar-refractivity contribution in [2.75, 3.05) is 11.9 Å². The molecular weight excluding hydrogens is 240 g/mol. The second-order valence-corrected chi connectivity index (χ2v) is 5.19. The summed E-state index contributed by atoms with van der Waals surface area (Å²) in [4.78, 5) is 0. The van der Waals surface area contributed by atoms with E-state index in [1.165, 1.54) is 11.3 Å². The molecule has 0 aliphatic carbocycles. The summed E-state index contributed by atoms with van der Waals surface area (Å²) in [6.07, 6.45) is 2.70. The Morgan fingerprint density at radius 1 is 1.56 bits per heavy atom. The maximum atomic E-state index is 5.07. The predicted molar refractivity (Wildman–Crippen MR) is 72.9 cm³/mol. The Labute approximate surface area is 105 Å². The molecule has 6 heteroatoms. The summed E-state index contributed by atoms with van der Waals surface area (Å²) in [6, 6.07) is 0. The van der Waals surface area contributed by atoms with Crippen LogP contribution in [-0.2, 0) is 6.42 Å². The van der Waals surface area contributed by atoms with Crippen LogP contribution in [-0.4, -0.2) is 21.9 Å². The first kappa shape index (κ1) is 13.1. The largest absolute Gasteiger partial charge is 0.359 e. The van der Waals surface area contributed by atoms with Crippen LogP contribution in [0.1, 0.15) is 18.9 Å². The molecule has 0 atom stereocenters. The van der Waals surface area contributed by atoms with E-state index in [2.05, 4.69) is 41.3 Å². The number of anilines is 1. The lowest BCUT2D eigenvalue weighted by molar-refractivity contribution is 0.640. The molecule has 0 bridgehead atoms. The van der Waals surface area contributed by atoms with E-state index in [9.17, 15) is 0 Å². The highest BCUT2D eigenvalue weighted by atomic mass is 32.1. The monoisotopic (exact) mass is 256 g/mol. The maximum absolute atomic E-state index is 5.07. The van der Waals surface area contributed by atoms with E-state index in [4.69, 9.17) is 12.2 Å². The number of thiocarbonyl (C=S) groups is 1. The van der Waals surface area contributed by atoms with Gasteiger partial charge in [-0.3, -0.25) is 0 Å². The summed E-state index contributed by atoms with van der Waals surface area (Å²) in [6.45, 7) is 8.56. The van der Waals surface area contributed by atoms with Crippen LogP contribution in [0.15, 0.2) is 12.7 Å². The van der Waals surface area contributed by atoms with Gasteiger partial charge in [0.15, 0.2) is 5.11 Å². The normalized spacial score (nSPS) is 10.2. The average molecular weight is 256 g/mol. The van der Waals surface area contributed by atoms with Crippen molar-refractivity contribution < 1.29 is 0 Å². The van der Waals surface area contributed by atoms with Crippen LogP contribution < -0.4 is 10.6 Å². The Hall–Kier alpha value is -1.01. The van der Waals surface area contributed by atoms with E-state index in [1.807, 2.05) is 0 Å². The number of nitrogens with one attached hydrogen (secondary N) is 2. The van der Waals surface area contributed by atoms with Gasteiger partial charge in [0.25, 0.3) is 0 Å². The van der Waals surface area contributed by atoms with E-state index < -0.39 is 0 Å². The second-order valence-electron chi connectivity index (χ2n) is 3.72. The van der Waals surface area contributed by atoms with E-state index in [1.54, 1.807) is 6.08 Å². The van der Waals surface area contributed by atoms with Gasteiger partial charge < -0.3 is 10.6 Å². The molecule has 4 nitrogen and oxygen atoms in total. The quantitative estimate of drug-likeness (QED) is 0.625. The Balaban J connectivity index is 2.45. The fourth-order valence-electron chi connectivity index (χ4n) is 1.04. The van der Waals surface area contributed by atoms with Gasteiger partial charge in [-0.05, 0) is 18.1 Å². The second kappa shape index (κ2) is 6.55. The molecule has 0 saturated carbocycles. The molecule has 1 heterocycles. The van der Waals surface area contributed by atoms with Gasteiger partial charge in [-0.1, -0.05) is 31.3 Å². The summed E-state index contributed by atoms with van der Waals surface area (Å²) < 4.78 is 0. The van der Waals surface area contributed by atoms with Crippen LogP contribution in [0.4, 0.5) is 5.13 Å². The average Bonchev–Trinajstić information content (AvgIpc) is 2.61. The molecule has 1 aromatic rings. The van der Waals surface area contributed by atoms with Gasteiger partial charge in [0.05, 0.1) is 0 Å². The molecule has 0 saturated heterocycles. The van der Waals surface area contributed by atoms with Crippen LogP contribution in [0.3, 0.4) is 0 Å². The van der Waals surface area contributed by atoms with Crippen molar-refractivity contribution in [2.45, 2.75) is 20.3 Å². The third kappa shape index (κ3) is 4.67. The molecule has 0 fully saturated rings. The molecule has 0 aliphatic heterocycles. The molecule has 16 heavy (non-hydrogen) atoms. The van der Waals surface area contributed by atoms with E-state index in [0.717, 1.165) is 16.6 Å². The Morgan fingerprint density at radius 3 is 2.94 bits per heavy atom. The van der Waals surface area contributed by atoms with Gasteiger partial charge in [-0.25, -0.2) is 0 Å². The van der Waals surface area contributed by atoms with Gasteiger partial charge in [-0.15, -0.1) is 16.8 Å². The highest BCUT2D eigenvalue weighted by Crippen LogP contribution is 2.17. The van der Waals surface area contributed by atoms with Crippen LogP contribution in [0.25, 0.3) is 0 Å². The Bertz CT molecular complexity index is 359. The highest BCUT2D eigenvalue weighted by molar-refractivity contribution is 7.80. The fourth-order valence-corrected chi connectivity index (χ4v) is 2.24. The molecule has 2 N–H and O–H groups in total. The molecule has 1 rings (SSSR count). The molecule has 0 aromatic carbocycles. The summed E-state index contributed by atoms with van der Waals surface area (Å²) in [5, 5.41) is 16.4. The molecule has 0 spiro atoms. The zero-order valence-corrected chi connectivity index (χ0v) is 11.1. The SMILES string of the molecule is C=CCNC(=S)Nc1nnc(CC(C)C)s1. The van der Waals surface area contributed by atoms with Gasteiger partial charge in [0, 0.05) is 13.0 Å². The minimum atomic E-state index is 0.548. The van der Waals surface area contributed by atoms with E-state index in [0.29, 0.717) is 17.6 Å². The van der Waals surface area contributed by atoms with Crippen LogP contribution in [0.5, 0.6) is 0 Å². The third-order valence-corrected chi connectivity index (χ3v) is 2.78. The molecule has 0 radical (unpaired) electrons. The van der Waals surface area contributed by atoms with Crippen molar-refractivity contribution in [1.29, 1.82) is 0 Å². The number of hydrogen-bond acceptors (Lipinski definition) is 4. The third-order valence-electron chi connectivity index (χ3n) is 1.68. The molecule has 0 aliphatic rings. The number of hydrogen-bond donors (Lipinski definition) is 2. The van der Waals surface area contributed by atoms with Crippen molar-refractivity contribution >= 4 is 33.8 Å². The first-order valence-corrected chi connectivity index (χ1v) is 6.32. The van der Waals surface area contributed by atoms with Crippen molar-refractivity contribution in [2.24, 2.45) is 5.92 Å². The van der Waals surface area contributed by atoms with E-state index >= 15 is 0 Å². The van der Waals surface area contributed by atoms with Gasteiger partial charge in [-0.2, -0.15) is 0 Å². The fraction of sp³-hybridized carbons (Fsp3) is 0.500. The number of nitrogens with zero attached hydrogens (tertiary/aromatic N) is 2. The van der Waals surface area contributed by atoms with Crippen molar-refractivity contribution in [3.8, 4) is 0 Å². The van der Waals surface area contributed by atoms with Gasteiger partial charge in [0.1, 0.15) is 5.01 Å². The Kier molecular flexibility index (Phi) is 5.34. The zero-order chi connectivity index (χ0) is 12.0. The molecule has 0 unspecified atom stereocenters. The first-order valence-electron chi connectivity index (χ1n) is 5.10. The lowest BCUT2D eigenvalue weighted by Crippen LogP contribution is -2.28. The first-order chi connectivity index (χ1) is 7.61. The van der Waals surface area contributed by atoms with Crippen molar-refractivity contribution in [3.63, 3.8) is 0 Å². The summed E-state index contributed by atoms with van der Waals surface area (Å²) >= 11 is 6.60. The summed E-state index contributed by atoms with van der Waals surface area (Å²) in [7, 11) is 0. The summed E-state index contributed by atoms with van der Waals surface area (Å²) in [5.74, 6) is 0.589. The highest BCUT2D eigenvalue weighted by Gasteiger charge is 2.06. The van der Waals surface area contributed by atoms with Crippen molar-refractivity contribution in [3.05, 3.63) is 17.7 Å². The molecule has 1 aromatic heterocycles. The van der Waals surface area contributed by atoms with E-state index in [-0.39, 0.29) is 0 Å². The molecule has 0 amide bonds.